The maximum atomic E-state index is 11.0. The van der Waals surface area contributed by atoms with Gasteiger partial charge in [0, 0.05) is 19.7 Å². The third-order valence-corrected chi connectivity index (χ3v) is 3.57. The maximum Gasteiger partial charge on any atom is 0.347 e. The van der Waals surface area contributed by atoms with Gasteiger partial charge < -0.3 is 14.7 Å². The predicted molar refractivity (Wildman–Crippen MR) is 68.2 cm³/mol. The molecule has 0 bridgehead atoms. The molecule has 1 heterocycles. The van der Waals surface area contributed by atoms with Gasteiger partial charge in [-0.05, 0) is 20.8 Å². The smallest absolute Gasteiger partial charge is 0.347 e. The highest BCUT2D eigenvalue weighted by Crippen LogP contribution is 2.27. The van der Waals surface area contributed by atoms with Crippen molar-refractivity contribution in [3.05, 3.63) is 10.6 Å². The summed E-state index contributed by atoms with van der Waals surface area (Å²) in [6.45, 7) is 7.12. The van der Waals surface area contributed by atoms with Gasteiger partial charge in [0.2, 0.25) is 0 Å². The van der Waals surface area contributed by atoms with Gasteiger partial charge in [0.05, 0.1) is 12.3 Å². The van der Waals surface area contributed by atoms with Crippen LogP contribution in [0.4, 0.5) is 5.13 Å². The van der Waals surface area contributed by atoms with Crippen molar-refractivity contribution in [1.29, 1.82) is 0 Å². The molecule has 1 rings (SSSR count). The molecule has 0 fully saturated rings. The number of hydrogen-bond acceptors (Lipinski definition) is 5. The van der Waals surface area contributed by atoms with Gasteiger partial charge in [0.15, 0.2) is 5.13 Å². The van der Waals surface area contributed by atoms with Crippen molar-refractivity contribution in [2.24, 2.45) is 0 Å². The van der Waals surface area contributed by atoms with Crippen LogP contribution in [0.2, 0.25) is 0 Å². The zero-order chi connectivity index (χ0) is 13.0. The third kappa shape index (κ3) is 3.41. The van der Waals surface area contributed by atoms with Crippen molar-refractivity contribution in [1.82, 2.24) is 4.98 Å². The average molecular weight is 258 g/mol. The van der Waals surface area contributed by atoms with Crippen LogP contribution in [0.25, 0.3) is 0 Å². The Kier molecular flexibility index (Phi) is 4.89. The van der Waals surface area contributed by atoms with Crippen LogP contribution < -0.4 is 4.90 Å². The van der Waals surface area contributed by atoms with E-state index in [4.69, 9.17) is 9.84 Å². The van der Waals surface area contributed by atoms with E-state index >= 15 is 0 Å². The van der Waals surface area contributed by atoms with E-state index in [0.717, 1.165) is 5.13 Å². The standard InChI is InChI=1S/C11H18N2O3S/c1-7(2)13(5-6-16-4)11-12-8(3)9(17-11)10(14)15/h7H,5-6H2,1-4H3,(H,14,15). The lowest BCUT2D eigenvalue weighted by Crippen LogP contribution is -2.33. The first-order valence-electron chi connectivity index (χ1n) is 5.43. The minimum atomic E-state index is -0.915. The van der Waals surface area contributed by atoms with Crippen molar-refractivity contribution in [3.63, 3.8) is 0 Å². The average Bonchev–Trinajstić information content (AvgIpc) is 2.60. The summed E-state index contributed by atoms with van der Waals surface area (Å²) in [5, 5.41) is 9.75. The number of methoxy groups -OCH3 is 1. The number of thiazole rings is 1. The monoisotopic (exact) mass is 258 g/mol. The van der Waals surface area contributed by atoms with Gasteiger partial charge in [-0.25, -0.2) is 9.78 Å². The Morgan fingerprint density at radius 2 is 2.24 bits per heavy atom. The molecule has 17 heavy (non-hydrogen) atoms. The van der Waals surface area contributed by atoms with Crippen LogP contribution in [0.15, 0.2) is 0 Å². The van der Waals surface area contributed by atoms with Gasteiger partial charge >= 0.3 is 5.97 Å². The first-order valence-corrected chi connectivity index (χ1v) is 6.25. The maximum absolute atomic E-state index is 11.0. The largest absolute Gasteiger partial charge is 0.477 e. The van der Waals surface area contributed by atoms with Crippen molar-refractivity contribution in [2.45, 2.75) is 26.8 Å². The number of aryl methyl sites for hydroxylation is 1. The van der Waals surface area contributed by atoms with Crippen molar-refractivity contribution >= 4 is 22.4 Å². The van der Waals surface area contributed by atoms with Crippen LogP contribution in [-0.2, 0) is 4.74 Å². The van der Waals surface area contributed by atoms with Gasteiger partial charge in [-0.3, -0.25) is 0 Å². The second-order valence-corrected chi connectivity index (χ2v) is 4.97. The first-order chi connectivity index (χ1) is 7.97. The second-order valence-electron chi connectivity index (χ2n) is 4.00. The Morgan fingerprint density at radius 3 is 2.65 bits per heavy atom. The van der Waals surface area contributed by atoms with E-state index in [1.54, 1.807) is 14.0 Å². The van der Waals surface area contributed by atoms with E-state index in [1.165, 1.54) is 11.3 Å². The Labute approximate surface area is 105 Å². The molecule has 0 unspecified atom stereocenters. The number of rotatable bonds is 6. The summed E-state index contributed by atoms with van der Waals surface area (Å²) in [4.78, 5) is 17.6. The molecule has 1 aromatic rings. The van der Waals surface area contributed by atoms with Crippen LogP contribution in [-0.4, -0.2) is 42.4 Å². The Bertz CT molecular complexity index is 390. The molecule has 96 valence electrons. The van der Waals surface area contributed by atoms with Crippen molar-refractivity contribution in [3.8, 4) is 0 Å². The lowest BCUT2D eigenvalue weighted by Gasteiger charge is -2.25. The summed E-state index contributed by atoms with van der Waals surface area (Å²) in [6.07, 6.45) is 0. The number of carbonyl (C=O) groups is 1. The Hall–Kier alpha value is -1.14. The molecule has 1 N–H and O–H groups in total. The molecule has 1 aromatic heterocycles. The zero-order valence-corrected chi connectivity index (χ0v) is 11.4. The molecule has 0 saturated carbocycles. The normalized spacial score (nSPS) is 10.9. The van der Waals surface area contributed by atoms with Gasteiger partial charge in [-0.15, -0.1) is 0 Å². The third-order valence-electron chi connectivity index (χ3n) is 2.38. The quantitative estimate of drug-likeness (QED) is 0.845. The number of hydrogen-bond donors (Lipinski definition) is 1. The molecule has 0 atom stereocenters. The van der Waals surface area contributed by atoms with Crippen LogP contribution in [0.5, 0.6) is 0 Å². The lowest BCUT2D eigenvalue weighted by atomic mass is 10.3. The summed E-state index contributed by atoms with van der Waals surface area (Å²) >= 11 is 1.21. The van der Waals surface area contributed by atoms with Crippen LogP contribution >= 0.6 is 11.3 Å². The molecule has 0 amide bonds. The van der Waals surface area contributed by atoms with Crippen LogP contribution in [0, 0.1) is 6.92 Å². The van der Waals surface area contributed by atoms with E-state index in [1.807, 2.05) is 18.7 Å². The number of aromatic carboxylic acids is 1. The SMILES string of the molecule is COCCN(c1nc(C)c(C(=O)O)s1)C(C)C. The van der Waals surface area contributed by atoms with Gasteiger partial charge in [0.25, 0.3) is 0 Å². The van der Waals surface area contributed by atoms with E-state index in [9.17, 15) is 4.79 Å². The summed E-state index contributed by atoms with van der Waals surface area (Å²) in [6, 6.07) is 0.261. The zero-order valence-electron chi connectivity index (χ0n) is 10.6. The first kappa shape index (κ1) is 13.9. The van der Waals surface area contributed by atoms with Gasteiger partial charge in [-0.1, -0.05) is 11.3 Å². The highest BCUT2D eigenvalue weighted by atomic mass is 32.1. The topological polar surface area (TPSA) is 62.7 Å². The molecule has 0 saturated heterocycles. The highest BCUT2D eigenvalue weighted by molar-refractivity contribution is 7.17. The molecular weight excluding hydrogens is 240 g/mol. The van der Waals surface area contributed by atoms with Crippen molar-refractivity contribution < 1.29 is 14.6 Å². The van der Waals surface area contributed by atoms with Crippen LogP contribution in [0.1, 0.15) is 29.2 Å². The number of ether oxygens (including phenoxy) is 1. The predicted octanol–water partition coefficient (Wildman–Crippen LogP) is 2.01. The number of carboxylic acids is 1. The molecule has 0 aliphatic carbocycles. The van der Waals surface area contributed by atoms with E-state index < -0.39 is 5.97 Å². The lowest BCUT2D eigenvalue weighted by molar-refractivity contribution is 0.0701. The molecule has 0 aromatic carbocycles. The van der Waals surface area contributed by atoms with E-state index in [0.29, 0.717) is 23.7 Å². The fraction of sp³-hybridized carbons (Fsp3) is 0.636. The van der Waals surface area contributed by atoms with Gasteiger partial charge in [-0.2, -0.15) is 0 Å². The van der Waals surface area contributed by atoms with Gasteiger partial charge in [0.1, 0.15) is 4.88 Å². The molecule has 0 aliphatic heterocycles. The summed E-state index contributed by atoms with van der Waals surface area (Å²) in [5.41, 5.74) is 0.570. The molecule has 0 radical (unpaired) electrons. The van der Waals surface area contributed by atoms with E-state index in [-0.39, 0.29) is 6.04 Å². The molecular formula is C11H18N2O3S. The summed E-state index contributed by atoms with van der Waals surface area (Å²) in [7, 11) is 1.65. The fourth-order valence-corrected chi connectivity index (χ4v) is 2.53. The molecule has 0 spiro atoms. The van der Waals surface area contributed by atoms with Crippen molar-refractivity contribution in [2.75, 3.05) is 25.2 Å². The van der Waals surface area contributed by atoms with Crippen LogP contribution in [0.3, 0.4) is 0 Å². The Morgan fingerprint density at radius 1 is 1.59 bits per heavy atom. The highest BCUT2D eigenvalue weighted by Gasteiger charge is 2.19. The minimum Gasteiger partial charge on any atom is -0.477 e. The molecule has 0 aliphatic rings. The minimum absolute atomic E-state index is 0.261. The number of anilines is 1. The summed E-state index contributed by atoms with van der Waals surface area (Å²) in [5.74, 6) is -0.915. The molecule has 6 heteroatoms. The molecule has 5 nitrogen and oxygen atoms in total. The Balaban J connectivity index is 2.94. The number of nitrogens with zero attached hydrogens (tertiary/aromatic N) is 2. The second kappa shape index (κ2) is 5.97. The fourth-order valence-electron chi connectivity index (χ4n) is 1.47. The number of carboxylic acid groups (broad SMARTS) is 1. The van der Waals surface area contributed by atoms with E-state index in [2.05, 4.69) is 4.98 Å². The number of aromatic nitrogens is 1. The summed E-state index contributed by atoms with van der Waals surface area (Å²) < 4.78 is 5.05.